The number of ether oxygens (including phenoxy) is 2. The summed E-state index contributed by atoms with van der Waals surface area (Å²) in [4.78, 5) is 0. The van der Waals surface area contributed by atoms with E-state index in [2.05, 4.69) is 26.1 Å². The summed E-state index contributed by atoms with van der Waals surface area (Å²) in [5.41, 5.74) is 0.0676. The molecule has 0 aromatic rings. The Labute approximate surface area is 113 Å². The first-order chi connectivity index (χ1) is 8.72. The van der Waals surface area contributed by atoms with E-state index < -0.39 is 0 Å². The van der Waals surface area contributed by atoms with Crippen molar-refractivity contribution in [1.29, 1.82) is 0 Å². The predicted octanol–water partition coefficient (Wildman–Crippen LogP) is 2.99. The molecule has 0 atom stereocenters. The zero-order valence-corrected chi connectivity index (χ0v) is 12.5. The molecule has 0 unspecified atom stereocenters. The van der Waals surface area contributed by atoms with Crippen molar-refractivity contribution < 1.29 is 9.47 Å². The third-order valence-corrected chi connectivity index (χ3v) is 3.87. The molecule has 108 valence electrons. The predicted molar refractivity (Wildman–Crippen MR) is 76.0 cm³/mol. The third-order valence-electron chi connectivity index (χ3n) is 3.87. The Kier molecular flexibility index (Phi) is 7.87. The molecule has 0 aliphatic heterocycles. The molecule has 0 spiro atoms. The van der Waals surface area contributed by atoms with Crippen molar-refractivity contribution in [3.63, 3.8) is 0 Å². The van der Waals surface area contributed by atoms with Crippen LogP contribution in [0.4, 0.5) is 0 Å². The maximum absolute atomic E-state index is 6.18. The fourth-order valence-electron chi connectivity index (χ4n) is 2.58. The summed E-state index contributed by atoms with van der Waals surface area (Å²) >= 11 is 0. The van der Waals surface area contributed by atoms with Gasteiger partial charge in [-0.2, -0.15) is 0 Å². The lowest BCUT2D eigenvalue weighted by Crippen LogP contribution is -2.46. The van der Waals surface area contributed by atoms with Gasteiger partial charge in [0, 0.05) is 13.2 Å². The summed E-state index contributed by atoms with van der Waals surface area (Å²) in [6.45, 7) is 11.0. The first kappa shape index (κ1) is 15.9. The molecule has 0 amide bonds. The lowest BCUT2D eigenvalue weighted by molar-refractivity contribution is -0.0913. The number of rotatable bonds is 9. The highest BCUT2D eigenvalue weighted by Crippen LogP contribution is 2.34. The van der Waals surface area contributed by atoms with Crippen molar-refractivity contribution in [2.24, 2.45) is 5.92 Å². The summed E-state index contributed by atoms with van der Waals surface area (Å²) in [7, 11) is 0. The van der Waals surface area contributed by atoms with Crippen molar-refractivity contribution in [3.05, 3.63) is 0 Å². The van der Waals surface area contributed by atoms with E-state index in [4.69, 9.17) is 9.47 Å². The van der Waals surface area contributed by atoms with Crippen LogP contribution in [0.2, 0.25) is 0 Å². The molecule has 0 aromatic carbocycles. The Morgan fingerprint density at radius 1 is 1.11 bits per heavy atom. The smallest absolute Gasteiger partial charge is 0.0807 e. The van der Waals surface area contributed by atoms with E-state index in [0.29, 0.717) is 0 Å². The van der Waals surface area contributed by atoms with Gasteiger partial charge in [0.1, 0.15) is 0 Å². The fourth-order valence-corrected chi connectivity index (χ4v) is 2.58. The van der Waals surface area contributed by atoms with Crippen molar-refractivity contribution >= 4 is 0 Å². The average Bonchev–Trinajstić information content (AvgIpc) is 2.39. The highest BCUT2D eigenvalue weighted by Gasteiger charge is 2.34. The third kappa shape index (κ3) is 5.68. The highest BCUT2D eigenvalue weighted by atomic mass is 16.5. The minimum Gasteiger partial charge on any atom is -0.379 e. The van der Waals surface area contributed by atoms with Gasteiger partial charge in [-0.1, -0.05) is 20.8 Å². The Bertz CT molecular complexity index is 195. The minimum atomic E-state index is 0.0676. The van der Waals surface area contributed by atoms with Crippen LogP contribution in [0.1, 0.15) is 52.9 Å². The Hall–Kier alpha value is -0.120. The van der Waals surface area contributed by atoms with Gasteiger partial charge in [-0.05, 0) is 44.6 Å². The molecule has 0 bridgehead atoms. The van der Waals surface area contributed by atoms with Crippen molar-refractivity contribution in [3.8, 4) is 0 Å². The first-order valence-electron chi connectivity index (χ1n) is 7.65. The van der Waals surface area contributed by atoms with E-state index >= 15 is 0 Å². The average molecular weight is 257 g/mol. The zero-order valence-electron chi connectivity index (χ0n) is 12.5. The number of likely N-dealkylation sites (N-methyl/N-ethyl adjacent to an activating group) is 1. The van der Waals surface area contributed by atoms with Gasteiger partial charge in [0.05, 0.1) is 18.8 Å². The number of hydrogen-bond acceptors (Lipinski definition) is 3. The van der Waals surface area contributed by atoms with Gasteiger partial charge in [0.15, 0.2) is 0 Å². The van der Waals surface area contributed by atoms with Gasteiger partial charge in [-0.15, -0.1) is 0 Å². The van der Waals surface area contributed by atoms with E-state index in [-0.39, 0.29) is 5.60 Å². The van der Waals surface area contributed by atoms with Gasteiger partial charge in [0.2, 0.25) is 0 Å². The van der Waals surface area contributed by atoms with Crippen LogP contribution in [0, 0.1) is 5.92 Å². The summed E-state index contributed by atoms with van der Waals surface area (Å²) in [6.07, 6.45) is 6.05. The summed E-state index contributed by atoms with van der Waals surface area (Å²) in [6, 6.07) is 0. The van der Waals surface area contributed by atoms with Crippen LogP contribution in [0.25, 0.3) is 0 Å². The van der Waals surface area contributed by atoms with Gasteiger partial charge >= 0.3 is 0 Å². The molecule has 3 nitrogen and oxygen atoms in total. The van der Waals surface area contributed by atoms with Gasteiger partial charge in [-0.3, -0.25) is 0 Å². The fraction of sp³-hybridized carbons (Fsp3) is 1.00. The Morgan fingerprint density at radius 3 is 2.44 bits per heavy atom. The molecule has 1 saturated carbocycles. The van der Waals surface area contributed by atoms with Gasteiger partial charge in [0.25, 0.3) is 0 Å². The molecule has 1 N–H and O–H groups in total. The van der Waals surface area contributed by atoms with Crippen LogP contribution >= 0.6 is 0 Å². The molecule has 0 radical (unpaired) electrons. The van der Waals surface area contributed by atoms with E-state index in [9.17, 15) is 0 Å². The van der Waals surface area contributed by atoms with Crippen LogP contribution in [-0.4, -0.2) is 38.5 Å². The topological polar surface area (TPSA) is 30.5 Å². The monoisotopic (exact) mass is 257 g/mol. The molecule has 1 aliphatic rings. The molecular weight excluding hydrogens is 226 g/mol. The second-order valence-corrected chi connectivity index (χ2v) is 5.61. The van der Waals surface area contributed by atoms with Crippen LogP contribution in [0.3, 0.4) is 0 Å². The SMILES string of the molecule is CCCOCCOC1(CNCC)CCC(C)CC1. The second-order valence-electron chi connectivity index (χ2n) is 5.61. The summed E-state index contributed by atoms with van der Waals surface area (Å²) < 4.78 is 11.7. The molecule has 1 fully saturated rings. The molecule has 3 heteroatoms. The van der Waals surface area contributed by atoms with Crippen LogP contribution in [0.15, 0.2) is 0 Å². The molecule has 1 aliphatic carbocycles. The largest absolute Gasteiger partial charge is 0.379 e. The molecular formula is C15H31NO2. The van der Waals surface area contributed by atoms with Crippen LogP contribution in [0.5, 0.6) is 0 Å². The molecule has 0 saturated heterocycles. The van der Waals surface area contributed by atoms with Crippen molar-refractivity contribution in [2.45, 2.75) is 58.5 Å². The summed E-state index contributed by atoms with van der Waals surface area (Å²) in [5, 5.41) is 3.46. The molecule has 1 rings (SSSR count). The maximum atomic E-state index is 6.18. The van der Waals surface area contributed by atoms with Gasteiger partial charge in [-0.25, -0.2) is 0 Å². The normalized spacial score (nSPS) is 28.5. The van der Waals surface area contributed by atoms with Crippen molar-refractivity contribution in [1.82, 2.24) is 5.32 Å². The Balaban J connectivity index is 2.30. The molecule has 0 aromatic heterocycles. The van der Waals surface area contributed by atoms with Crippen LogP contribution in [-0.2, 0) is 9.47 Å². The van der Waals surface area contributed by atoms with Crippen LogP contribution < -0.4 is 5.32 Å². The van der Waals surface area contributed by atoms with Gasteiger partial charge < -0.3 is 14.8 Å². The number of hydrogen-bond donors (Lipinski definition) is 1. The van der Waals surface area contributed by atoms with E-state index in [0.717, 1.165) is 45.2 Å². The highest BCUT2D eigenvalue weighted by molar-refractivity contribution is 4.88. The Morgan fingerprint density at radius 2 is 1.83 bits per heavy atom. The lowest BCUT2D eigenvalue weighted by Gasteiger charge is -2.39. The lowest BCUT2D eigenvalue weighted by atomic mass is 9.79. The minimum absolute atomic E-state index is 0.0676. The second kappa shape index (κ2) is 8.89. The van der Waals surface area contributed by atoms with E-state index in [1.807, 2.05) is 0 Å². The number of nitrogens with one attached hydrogen (secondary N) is 1. The first-order valence-corrected chi connectivity index (χ1v) is 7.65. The maximum Gasteiger partial charge on any atom is 0.0807 e. The summed E-state index contributed by atoms with van der Waals surface area (Å²) in [5.74, 6) is 0.861. The van der Waals surface area contributed by atoms with Crippen molar-refractivity contribution in [2.75, 3.05) is 32.9 Å². The quantitative estimate of drug-likeness (QED) is 0.644. The molecule has 0 heterocycles. The molecule has 18 heavy (non-hydrogen) atoms. The zero-order chi connectivity index (χ0) is 13.3. The van der Waals surface area contributed by atoms with E-state index in [1.165, 1.54) is 25.7 Å². The van der Waals surface area contributed by atoms with E-state index in [1.54, 1.807) is 0 Å². The standard InChI is InChI=1S/C15H31NO2/c1-4-10-17-11-12-18-15(13-16-5-2)8-6-14(3)7-9-15/h14,16H,4-13H2,1-3H3.